The van der Waals surface area contributed by atoms with E-state index in [1.807, 2.05) is 20.8 Å². The molecule has 0 aromatic carbocycles. The number of rotatable bonds is 4. The first-order chi connectivity index (χ1) is 10.1. The standard InChI is InChI=1S/C16H27NO5/c1-10(13(18)19)12(21-5)11-8-16(6-7-16)9-17(11)14(20)22-15(2,3)4/h10-12H,6-9H2,1-5H3,(H,18,19)/t10-,11?,12-/m1/s1. The van der Waals surface area contributed by atoms with Crippen LogP contribution < -0.4 is 0 Å². The molecule has 2 aliphatic rings. The summed E-state index contributed by atoms with van der Waals surface area (Å²) in [6.45, 7) is 7.75. The van der Waals surface area contributed by atoms with Gasteiger partial charge in [0, 0.05) is 13.7 Å². The molecule has 6 nitrogen and oxygen atoms in total. The lowest BCUT2D eigenvalue weighted by atomic mass is 9.92. The quantitative estimate of drug-likeness (QED) is 0.863. The van der Waals surface area contributed by atoms with E-state index in [2.05, 4.69) is 0 Å². The van der Waals surface area contributed by atoms with Crippen LogP contribution in [-0.4, -0.2) is 53.5 Å². The number of hydrogen-bond acceptors (Lipinski definition) is 4. The van der Waals surface area contributed by atoms with Crippen molar-refractivity contribution in [2.75, 3.05) is 13.7 Å². The zero-order valence-corrected chi connectivity index (χ0v) is 14.1. The molecule has 1 spiro atoms. The predicted molar refractivity (Wildman–Crippen MR) is 80.6 cm³/mol. The zero-order valence-electron chi connectivity index (χ0n) is 14.1. The number of carboxylic acids is 1. The Kier molecular flexibility index (Phi) is 4.44. The van der Waals surface area contributed by atoms with E-state index < -0.39 is 23.6 Å². The highest BCUT2D eigenvalue weighted by Crippen LogP contribution is 2.56. The zero-order chi connectivity index (χ0) is 16.7. The third-order valence-corrected chi connectivity index (χ3v) is 4.67. The van der Waals surface area contributed by atoms with Gasteiger partial charge in [0.1, 0.15) is 5.60 Å². The van der Waals surface area contributed by atoms with Crippen LogP contribution in [0, 0.1) is 11.3 Å². The second kappa shape index (κ2) is 5.72. The molecule has 6 heteroatoms. The predicted octanol–water partition coefficient (Wildman–Crippen LogP) is 2.51. The molecule has 1 heterocycles. The highest BCUT2D eigenvalue weighted by molar-refractivity contribution is 5.72. The van der Waals surface area contributed by atoms with Crippen LogP contribution in [0.5, 0.6) is 0 Å². The van der Waals surface area contributed by atoms with Crippen LogP contribution >= 0.6 is 0 Å². The Morgan fingerprint density at radius 1 is 1.32 bits per heavy atom. The molecule has 1 aliphatic heterocycles. The summed E-state index contributed by atoms with van der Waals surface area (Å²) in [5.74, 6) is -1.58. The van der Waals surface area contributed by atoms with Crippen LogP contribution in [0.15, 0.2) is 0 Å². The molecule has 2 fully saturated rings. The van der Waals surface area contributed by atoms with Gasteiger partial charge in [-0.2, -0.15) is 0 Å². The maximum atomic E-state index is 12.5. The number of nitrogens with zero attached hydrogens (tertiary/aromatic N) is 1. The van der Waals surface area contributed by atoms with E-state index in [1.54, 1.807) is 11.8 Å². The topological polar surface area (TPSA) is 76.1 Å². The van der Waals surface area contributed by atoms with Gasteiger partial charge in [-0.05, 0) is 52.4 Å². The van der Waals surface area contributed by atoms with Gasteiger partial charge in [-0.3, -0.25) is 4.79 Å². The van der Waals surface area contributed by atoms with Crippen molar-refractivity contribution in [1.29, 1.82) is 0 Å². The summed E-state index contributed by atoms with van der Waals surface area (Å²) in [5.41, 5.74) is -0.418. The third-order valence-electron chi connectivity index (χ3n) is 4.67. The van der Waals surface area contributed by atoms with Crippen molar-refractivity contribution in [2.24, 2.45) is 11.3 Å². The lowest BCUT2D eigenvalue weighted by Crippen LogP contribution is -2.49. The van der Waals surface area contributed by atoms with Crippen molar-refractivity contribution in [3.8, 4) is 0 Å². The molecule has 126 valence electrons. The Morgan fingerprint density at radius 2 is 1.91 bits per heavy atom. The molecule has 0 bridgehead atoms. The third kappa shape index (κ3) is 3.54. The van der Waals surface area contributed by atoms with Gasteiger partial charge in [0.25, 0.3) is 0 Å². The highest BCUT2D eigenvalue weighted by atomic mass is 16.6. The number of likely N-dealkylation sites (tertiary alicyclic amines) is 1. The minimum atomic E-state index is -0.910. The van der Waals surface area contributed by atoms with Gasteiger partial charge >= 0.3 is 12.1 Å². The molecule has 22 heavy (non-hydrogen) atoms. The Morgan fingerprint density at radius 3 is 2.32 bits per heavy atom. The number of carboxylic acid groups (broad SMARTS) is 1. The molecule has 1 amide bonds. The molecular weight excluding hydrogens is 286 g/mol. The van der Waals surface area contributed by atoms with Gasteiger partial charge in [-0.15, -0.1) is 0 Å². The average Bonchev–Trinajstić information content (AvgIpc) is 3.01. The van der Waals surface area contributed by atoms with Gasteiger partial charge < -0.3 is 19.5 Å². The number of carbonyl (C=O) groups is 2. The summed E-state index contributed by atoms with van der Waals surface area (Å²) in [6.07, 6.45) is 2.06. The Labute approximate surface area is 131 Å². The molecule has 1 saturated carbocycles. The summed E-state index contributed by atoms with van der Waals surface area (Å²) < 4.78 is 11.0. The molecular formula is C16H27NO5. The molecule has 2 rings (SSSR count). The summed E-state index contributed by atoms with van der Waals surface area (Å²) in [7, 11) is 1.51. The van der Waals surface area contributed by atoms with Gasteiger partial charge in [0.15, 0.2) is 0 Å². The van der Waals surface area contributed by atoms with Crippen molar-refractivity contribution < 1.29 is 24.2 Å². The van der Waals surface area contributed by atoms with Crippen molar-refractivity contribution in [3.05, 3.63) is 0 Å². The molecule has 0 radical (unpaired) electrons. The Hall–Kier alpha value is -1.30. The number of hydrogen-bond donors (Lipinski definition) is 1. The minimum absolute atomic E-state index is 0.149. The smallest absolute Gasteiger partial charge is 0.410 e. The number of ether oxygens (including phenoxy) is 2. The second-order valence-electron chi connectivity index (χ2n) is 7.71. The van der Waals surface area contributed by atoms with E-state index in [1.165, 1.54) is 7.11 Å². The molecule has 0 aromatic heterocycles. The monoisotopic (exact) mass is 313 g/mol. The summed E-state index contributed by atoms with van der Waals surface area (Å²) in [4.78, 5) is 25.5. The first kappa shape index (κ1) is 17.1. The molecule has 1 N–H and O–H groups in total. The maximum Gasteiger partial charge on any atom is 0.410 e. The van der Waals surface area contributed by atoms with E-state index in [9.17, 15) is 14.7 Å². The van der Waals surface area contributed by atoms with Crippen LogP contribution in [0.1, 0.15) is 47.0 Å². The van der Waals surface area contributed by atoms with Gasteiger partial charge in [-0.1, -0.05) is 0 Å². The highest BCUT2D eigenvalue weighted by Gasteiger charge is 2.56. The molecule has 1 saturated heterocycles. The van der Waals surface area contributed by atoms with Crippen LogP contribution in [0.3, 0.4) is 0 Å². The van der Waals surface area contributed by atoms with E-state index in [-0.39, 0.29) is 17.6 Å². The molecule has 1 aliphatic carbocycles. The van der Waals surface area contributed by atoms with E-state index in [0.717, 1.165) is 19.3 Å². The van der Waals surface area contributed by atoms with Crippen molar-refractivity contribution in [1.82, 2.24) is 4.90 Å². The van der Waals surface area contributed by atoms with E-state index in [4.69, 9.17) is 9.47 Å². The Balaban J connectivity index is 2.18. The van der Waals surface area contributed by atoms with Crippen LogP contribution in [0.2, 0.25) is 0 Å². The maximum absolute atomic E-state index is 12.5. The van der Waals surface area contributed by atoms with Gasteiger partial charge in [0.05, 0.1) is 18.1 Å². The van der Waals surface area contributed by atoms with Crippen molar-refractivity contribution in [2.45, 2.75) is 64.7 Å². The number of methoxy groups -OCH3 is 1. The number of carbonyl (C=O) groups excluding carboxylic acids is 1. The normalized spacial score (nSPS) is 25.9. The number of amides is 1. The summed E-state index contributed by atoms with van der Waals surface area (Å²) in [5, 5.41) is 9.29. The van der Waals surface area contributed by atoms with Crippen molar-refractivity contribution in [3.63, 3.8) is 0 Å². The van der Waals surface area contributed by atoms with Crippen LogP contribution in [0.4, 0.5) is 4.79 Å². The van der Waals surface area contributed by atoms with E-state index in [0.29, 0.717) is 6.54 Å². The van der Waals surface area contributed by atoms with Crippen LogP contribution in [-0.2, 0) is 14.3 Å². The fraction of sp³-hybridized carbons (Fsp3) is 0.875. The van der Waals surface area contributed by atoms with Crippen LogP contribution in [0.25, 0.3) is 0 Å². The lowest BCUT2D eigenvalue weighted by molar-refractivity contribution is -0.147. The second-order valence-corrected chi connectivity index (χ2v) is 7.71. The molecule has 3 atom stereocenters. The number of aliphatic carboxylic acids is 1. The first-order valence-corrected chi connectivity index (χ1v) is 7.84. The van der Waals surface area contributed by atoms with Crippen molar-refractivity contribution >= 4 is 12.1 Å². The molecule has 1 unspecified atom stereocenters. The summed E-state index contributed by atoms with van der Waals surface area (Å²) in [6, 6.07) is -0.242. The summed E-state index contributed by atoms with van der Waals surface area (Å²) >= 11 is 0. The first-order valence-electron chi connectivity index (χ1n) is 7.84. The molecule has 0 aromatic rings. The average molecular weight is 313 g/mol. The largest absolute Gasteiger partial charge is 0.481 e. The lowest BCUT2D eigenvalue weighted by Gasteiger charge is -2.34. The van der Waals surface area contributed by atoms with Gasteiger partial charge in [-0.25, -0.2) is 4.79 Å². The van der Waals surface area contributed by atoms with Gasteiger partial charge in [0.2, 0.25) is 0 Å². The fourth-order valence-corrected chi connectivity index (χ4v) is 3.28. The minimum Gasteiger partial charge on any atom is -0.481 e. The Bertz CT molecular complexity index is 452. The fourth-order valence-electron chi connectivity index (χ4n) is 3.28. The SMILES string of the molecule is CO[C@@H](C1CC2(CC2)CN1C(=O)OC(C)(C)C)[C@@H](C)C(=O)O. The van der Waals surface area contributed by atoms with E-state index >= 15 is 0 Å².